The average Bonchev–Trinajstić information content (AvgIpc) is 3.23. The van der Waals surface area contributed by atoms with Gasteiger partial charge in [-0.2, -0.15) is 5.10 Å². The van der Waals surface area contributed by atoms with Crippen molar-refractivity contribution in [2.75, 3.05) is 19.0 Å². The van der Waals surface area contributed by atoms with Crippen LogP contribution in [-0.4, -0.2) is 38.4 Å². The lowest BCUT2D eigenvalue weighted by Gasteiger charge is -2.14. The van der Waals surface area contributed by atoms with Crippen molar-refractivity contribution < 1.29 is 13.9 Å². The maximum absolute atomic E-state index is 14.2. The summed E-state index contributed by atoms with van der Waals surface area (Å²) in [5.41, 5.74) is 0.942. The number of halogens is 2. The van der Waals surface area contributed by atoms with Crippen molar-refractivity contribution in [2.45, 2.75) is 6.54 Å². The van der Waals surface area contributed by atoms with Gasteiger partial charge in [-0.05, 0) is 24.3 Å². The number of anilines is 2. The molecule has 2 heterocycles. The molecule has 0 aliphatic rings. The summed E-state index contributed by atoms with van der Waals surface area (Å²) in [6.07, 6.45) is 4.50. The molecule has 2 aromatic carbocycles. The molecule has 0 atom stereocenters. The monoisotopic (exact) mass is 458 g/mol. The van der Waals surface area contributed by atoms with E-state index < -0.39 is 5.82 Å². The number of nitrogens with zero attached hydrogens (tertiary/aromatic N) is 5. The zero-order valence-electron chi connectivity index (χ0n) is 15.3. The Bertz CT molecular complexity index is 1140. The second-order valence-corrected chi connectivity index (χ2v) is 6.91. The fraction of sp³-hybridized carbons (Fsp3) is 0.158. The fourth-order valence-corrected chi connectivity index (χ4v) is 3.08. The number of aromatic nitrogens is 5. The van der Waals surface area contributed by atoms with E-state index in [1.165, 1.54) is 18.7 Å². The van der Waals surface area contributed by atoms with Gasteiger partial charge in [0.25, 0.3) is 0 Å². The van der Waals surface area contributed by atoms with Crippen LogP contribution in [0, 0.1) is 5.82 Å². The van der Waals surface area contributed by atoms with E-state index in [4.69, 9.17) is 9.47 Å². The van der Waals surface area contributed by atoms with Crippen LogP contribution >= 0.6 is 15.9 Å². The summed E-state index contributed by atoms with van der Waals surface area (Å²) >= 11 is 3.25. The van der Waals surface area contributed by atoms with Gasteiger partial charge in [0, 0.05) is 15.9 Å². The SMILES string of the molecule is COc1cc2c(Nc3ccc(Br)cc3F)ncnc2cc1OCCn1cncn1. The zero-order valence-corrected chi connectivity index (χ0v) is 16.9. The number of fused-ring (bicyclic) bond motifs is 1. The first-order valence-electron chi connectivity index (χ1n) is 8.64. The molecule has 10 heteroatoms. The molecule has 0 amide bonds. The van der Waals surface area contributed by atoms with Crippen molar-refractivity contribution in [2.24, 2.45) is 0 Å². The Morgan fingerprint density at radius 1 is 1.14 bits per heavy atom. The number of hydrogen-bond donors (Lipinski definition) is 1. The van der Waals surface area contributed by atoms with Gasteiger partial charge >= 0.3 is 0 Å². The maximum Gasteiger partial charge on any atom is 0.163 e. The Kier molecular flexibility index (Phi) is 5.52. The second-order valence-electron chi connectivity index (χ2n) is 6.00. The molecule has 4 rings (SSSR count). The third-order valence-corrected chi connectivity index (χ3v) is 4.64. The molecule has 148 valence electrons. The highest BCUT2D eigenvalue weighted by molar-refractivity contribution is 9.10. The Labute approximate surface area is 173 Å². The topological polar surface area (TPSA) is 87.0 Å². The highest BCUT2D eigenvalue weighted by Crippen LogP contribution is 2.35. The van der Waals surface area contributed by atoms with Gasteiger partial charge in [0.2, 0.25) is 0 Å². The summed E-state index contributed by atoms with van der Waals surface area (Å²) in [6.45, 7) is 0.923. The minimum absolute atomic E-state index is 0.306. The highest BCUT2D eigenvalue weighted by Gasteiger charge is 2.13. The first kappa shape index (κ1) is 19.1. The van der Waals surface area contributed by atoms with Gasteiger partial charge < -0.3 is 14.8 Å². The summed E-state index contributed by atoms with van der Waals surface area (Å²) in [4.78, 5) is 12.4. The standard InChI is InChI=1S/C19H16BrFN6O2/c1-28-17-7-13-16(8-18(17)29-5-4-27-11-22-9-25-27)23-10-24-19(13)26-15-3-2-12(20)6-14(15)21/h2-3,6-11H,4-5H2,1H3,(H,23,24,26). The number of methoxy groups -OCH3 is 1. The van der Waals surface area contributed by atoms with Crippen molar-refractivity contribution in [3.8, 4) is 11.5 Å². The van der Waals surface area contributed by atoms with E-state index in [1.807, 2.05) is 0 Å². The first-order chi connectivity index (χ1) is 14.1. The summed E-state index contributed by atoms with van der Waals surface area (Å²) in [5.74, 6) is 1.12. The summed E-state index contributed by atoms with van der Waals surface area (Å²) < 4.78 is 27.8. The molecule has 0 saturated carbocycles. The van der Waals surface area contributed by atoms with Gasteiger partial charge in [-0.3, -0.25) is 0 Å². The van der Waals surface area contributed by atoms with E-state index >= 15 is 0 Å². The van der Waals surface area contributed by atoms with E-state index in [1.54, 1.807) is 42.4 Å². The smallest absolute Gasteiger partial charge is 0.163 e. The molecule has 0 radical (unpaired) electrons. The van der Waals surface area contributed by atoms with Gasteiger partial charge in [0.05, 0.1) is 24.9 Å². The molecule has 8 nitrogen and oxygen atoms in total. The van der Waals surface area contributed by atoms with Crippen LogP contribution in [0.5, 0.6) is 11.5 Å². The van der Waals surface area contributed by atoms with Crippen molar-refractivity contribution >= 4 is 38.3 Å². The summed E-state index contributed by atoms with van der Waals surface area (Å²) in [6, 6.07) is 8.29. The van der Waals surface area contributed by atoms with Crippen LogP contribution in [0.15, 0.2) is 53.8 Å². The molecule has 0 bridgehead atoms. The third-order valence-electron chi connectivity index (χ3n) is 4.15. The fourth-order valence-electron chi connectivity index (χ4n) is 2.75. The summed E-state index contributed by atoms with van der Waals surface area (Å²) in [5, 5.41) is 7.73. The Morgan fingerprint density at radius 2 is 2.03 bits per heavy atom. The molecule has 0 spiro atoms. The first-order valence-corrected chi connectivity index (χ1v) is 9.43. The van der Waals surface area contributed by atoms with Crippen molar-refractivity contribution in [1.29, 1.82) is 0 Å². The minimum Gasteiger partial charge on any atom is -0.493 e. The van der Waals surface area contributed by atoms with Crippen LogP contribution in [0.25, 0.3) is 10.9 Å². The molecule has 1 N–H and O–H groups in total. The van der Waals surface area contributed by atoms with Gasteiger partial charge in [-0.15, -0.1) is 0 Å². The van der Waals surface area contributed by atoms with E-state index in [2.05, 4.69) is 41.3 Å². The highest BCUT2D eigenvalue weighted by atomic mass is 79.9. The predicted molar refractivity (Wildman–Crippen MR) is 109 cm³/mol. The quantitative estimate of drug-likeness (QED) is 0.448. The van der Waals surface area contributed by atoms with Crippen molar-refractivity contribution in [3.63, 3.8) is 0 Å². The molecular formula is C19H16BrFN6O2. The predicted octanol–water partition coefficient (Wildman–Crippen LogP) is 3.95. The minimum atomic E-state index is -0.397. The zero-order chi connectivity index (χ0) is 20.2. The van der Waals surface area contributed by atoms with Crippen LogP contribution in [0.1, 0.15) is 0 Å². The number of rotatable bonds is 7. The lowest BCUT2D eigenvalue weighted by molar-refractivity contribution is 0.274. The average molecular weight is 459 g/mol. The molecule has 4 aromatic rings. The van der Waals surface area contributed by atoms with Gasteiger partial charge in [0.1, 0.15) is 37.2 Å². The number of benzene rings is 2. The van der Waals surface area contributed by atoms with Crippen LogP contribution in [0.3, 0.4) is 0 Å². The summed E-state index contributed by atoms with van der Waals surface area (Å²) in [7, 11) is 1.55. The third kappa shape index (κ3) is 4.27. The molecule has 0 fully saturated rings. The molecule has 2 aromatic heterocycles. The van der Waals surface area contributed by atoms with E-state index in [-0.39, 0.29) is 0 Å². The largest absolute Gasteiger partial charge is 0.493 e. The molecule has 0 aliphatic heterocycles. The Balaban J connectivity index is 1.62. The number of hydrogen-bond acceptors (Lipinski definition) is 7. The molecule has 0 unspecified atom stereocenters. The molecule has 29 heavy (non-hydrogen) atoms. The van der Waals surface area contributed by atoms with Gasteiger partial charge in [0.15, 0.2) is 11.5 Å². The Morgan fingerprint density at radius 3 is 2.79 bits per heavy atom. The maximum atomic E-state index is 14.2. The number of nitrogens with one attached hydrogen (secondary N) is 1. The Hall–Kier alpha value is -3.27. The van der Waals surface area contributed by atoms with Crippen LogP contribution in [0.4, 0.5) is 15.9 Å². The van der Waals surface area contributed by atoms with E-state index in [0.29, 0.717) is 51.5 Å². The van der Waals surface area contributed by atoms with Gasteiger partial charge in [-0.1, -0.05) is 15.9 Å². The normalized spacial score (nSPS) is 10.9. The lowest BCUT2D eigenvalue weighted by Crippen LogP contribution is -2.09. The number of ether oxygens (including phenoxy) is 2. The molecular weight excluding hydrogens is 443 g/mol. The van der Waals surface area contributed by atoms with Crippen molar-refractivity contribution in [3.05, 3.63) is 59.6 Å². The van der Waals surface area contributed by atoms with Crippen LogP contribution in [-0.2, 0) is 6.54 Å². The van der Waals surface area contributed by atoms with E-state index in [0.717, 1.165) is 0 Å². The van der Waals surface area contributed by atoms with Crippen LogP contribution < -0.4 is 14.8 Å². The molecule has 0 aliphatic carbocycles. The van der Waals surface area contributed by atoms with Crippen molar-refractivity contribution in [1.82, 2.24) is 24.7 Å². The molecule has 0 saturated heterocycles. The van der Waals surface area contributed by atoms with Crippen LogP contribution in [0.2, 0.25) is 0 Å². The second kappa shape index (κ2) is 8.39. The van der Waals surface area contributed by atoms with Gasteiger partial charge in [-0.25, -0.2) is 24.0 Å². The van der Waals surface area contributed by atoms with E-state index in [9.17, 15) is 4.39 Å². The lowest BCUT2D eigenvalue weighted by atomic mass is 10.2.